The van der Waals surface area contributed by atoms with Gasteiger partial charge in [-0.05, 0) is 76.9 Å². The summed E-state index contributed by atoms with van der Waals surface area (Å²) in [6.07, 6.45) is 0. The second-order valence-corrected chi connectivity index (χ2v) is 10.5. The van der Waals surface area contributed by atoms with Gasteiger partial charge in [0.15, 0.2) is 0 Å². The number of rotatable bonds is 15. The van der Waals surface area contributed by atoms with Crippen LogP contribution in [0.15, 0.2) is 48.5 Å². The Labute approximate surface area is 254 Å². The maximum Gasteiger partial charge on any atom is 0.248 e. The average molecular weight is 605 g/mol. The fourth-order valence-corrected chi connectivity index (χ4v) is 4.35. The summed E-state index contributed by atoms with van der Waals surface area (Å²) in [4.78, 5) is 45.7. The molecule has 1 fully saturated rings. The first-order valence-electron chi connectivity index (χ1n) is 14.4. The molecule has 4 N–H and O–H groups in total. The van der Waals surface area contributed by atoms with Gasteiger partial charge in [0.2, 0.25) is 11.8 Å². The zero-order valence-corrected chi connectivity index (χ0v) is 26.6. The number of carbonyl (C=O) groups excluding carboxylic acids is 2. The summed E-state index contributed by atoms with van der Waals surface area (Å²) in [6.45, 7) is 13.5. The van der Waals surface area contributed by atoms with Crippen LogP contribution in [0.1, 0.15) is 52.7 Å². The molecule has 4 unspecified atom stereocenters. The van der Waals surface area contributed by atoms with Crippen LogP contribution in [0.3, 0.4) is 0 Å². The lowest BCUT2D eigenvalue weighted by Gasteiger charge is -2.26. The van der Waals surface area contributed by atoms with E-state index in [9.17, 15) is 9.59 Å². The number of nitrogens with two attached hydrogens (primary N) is 1. The van der Waals surface area contributed by atoms with Crippen molar-refractivity contribution >= 4 is 11.8 Å². The van der Waals surface area contributed by atoms with E-state index in [1.165, 1.54) is 14.2 Å². The lowest BCUT2D eigenvalue weighted by Crippen LogP contribution is -2.52. The average Bonchev–Trinajstić information content (AvgIpc) is 3.30. The lowest BCUT2D eigenvalue weighted by atomic mass is 9.92. The van der Waals surface area contributed by atoms with Crippen molar-refractivity contribution in [2.45, 2.75) is 64.7 Å². The third-order valence-electron chi connectivity index (χ3n) is 7.04. The highest BCUT2D eigenvalue weighted by Gasteiger charge is 2.45. The molecule has 2 aromatic carbocycles. The van der Waals surface area contributed by atoms with Crippen LogP contribution in [0, 0.1) is 0 Å². The lowest BCUT2D eigenvalue weighted by molar-refractivity contribution is -0.278. The van der Waals surface area contributed by atoms with Crippen LogP contribution in [0.5, 0.6) is 11.5 Å². The van der Waals surface area contributed by atoms with Crippen molar-refractivity contribution in [1.82, 2.24) is 15.5 Å². The number of amides is 2. The number of hydrogen-bond acceptors (Lipinski definition) is 10. The van der Waals surface area contributed by atoms with Crippen molar-refractivity contribution in [2.75, 3.05) is 47.3 Å². The minimum Gasteiger partial charge on any atom is -0.494 e. The Hall–Kier alpha value is -3.26. The monoisotopic (exact) mass is 604 g/mol. The second-order valence-electron chi connectivity index (χ2n) is 10.5. The SMILES string of the molecule is CCOc1ccc(C(C)(N)C(=O)NC(C)COOC)cc1.CCOc1ccc(C2(C)NCN(C(C)COOC)C2=O)cc1. The van der Waals surface area contributed by atoms with Gasteiger partial charge in [-0.3, -0.25) is 14.9 Å². The summed E-state index contributed by atoms with van der Waals surface area (Å²) in [5, 5.41) is 6.09. The van der Waals surface area contributed by atoms with E-state index in [2.05, 4.69) is 20.4 Å². The van der Waals surface area contributed by atoms with Gasteiger partial charge in [0.1, 0.15) is 35.8 Å². The summed E-state index contributed by atoms with van der Waals surface area (Å²) in [7, 11) is 2.88. The van der Waals surface area contributed by atoms with Gasteiger partial charge in [-0.15, -0.1) is 0 Å². The van der Waals surface area contributed by atoms with Crippen LogP contribution in [-0.4, -0.2) is 76.1 Å². The first kappa shape index (κ1) is 35.9. The van der Waals surface area contributed by atoms with Crippen molar-refractivity contribution < 1.29 is 38.6 Å². The standard InChI is InChI=1S/C16H24N2O4.C15H24N2O4/c1-5-21-14-8-6-13(7-9-14)16(3)15(19)18(11-17-16)12(2)10-22-20-4;1-5-20-13-8-6-12(7-9-13)15(3,16)14(18)17-11(2)10-21-19-4/h6-9,12,17H,5,10-11H2,1-4H3;6-9,11H,5,10,16H2,1-4H3,(H,17,18). The second kappa shape index (κ2) is 17.1. The van der Waals surface area contributed by atoms with Gasteiger partial charge in [-0.2, -0.15) is 0 Å². The van der Waals surface area contributed by atoms with Crippen LogP contribution < -0.4 is 25.8 Å². The molecule has 0 saturated carbocycles. The Kier molecular flexibility index (Phi) is 14.3. The van der Waals surface area contributed by atoms with Gasteiger partial charge in [-0.25, -0.2) is 19.6 Å². The Morgan fingerprint density at radius 3 is 2.00 bits per heavy atom. The molecule has 1 saturated heterocycles. The summed E-state index contributed by atoms with van der Waals surface area (Å²) >= 11 is 0. The van der Waals surface area contributed by atoms with E-state index in [-0.39, 0.29) is 30.5 Å². The molecular formula is C31H48N4O8. The summed E-state index contributed by atoms with van der Waals surface area (Å²) in [5.41, 5.74) is 5.93. The molecule has 0 aliphatic carbocycles. The van der Waals surface area contributed by atoms with Crippen LogP contribution >= 0.6 is 0 Å². The minimum absolute atomic E-state index is 0.0314. The van der Waals surface area contributed by atoms with E-state index in [0.29, 0.717) is 32.1 Å². The van der Waals surface area contributed by atoms with E-state index < -0.39 is 11.1 Å². The summed E-state index contributed by atoms with van der Waals surface area (Å²) < 4.78 is 10.8. The predicted molar refractivity (Wildman–Crippen MR) is 162 cm³/mol. The van der Waals surface area contributed by atoms with Crippen LogP contribution in [0.4, 0.5) is 0 Å². The molecule has 0 bridgehead atoms. The van der Waals surface area contributed by atoms with E-state index in [4.69, 9.17) is 25.0 Å². The zero-order chi connectivity index (χ0) is 32.0. The van der Waals surface area contributed by atoms with Crippen LogP contribution in [-0.2, 0) is 40.2 Å². The molecule has 3 rings (SSSR count). The largest absolute Gasteiger partial charge is 0.494 e. The zero-order valence-electron chi connectivity index (χ0n) is 26.6. The van der Waals surface area contributed by atoms with Crippen molar-refractivity contribution in [3.63, 3.8) is 0 Å². The predicted octanol–water partition coefficient (Wildman–Crippen LogP) is 3.00. The van der Waals surface area contributed by atoms with E-state index in [0.717, 1.165) is 17.1 Å². The number of ether oxygens (including phenoxy) is 2. The Balaban J connectivity index is 0.000000301. The van der Waals surface area contributed by atoms with E-state index in [1.54, 1.807) is 36.1 Å². The maximum absolute atomic E-state index is 12.8. The molecule has 2 aromatic rings. The highest BCUT2D eigenvalue weighted by Crippen LogP contribution is 2.30. The first-order valence-corrected chi connectivity index (χ1v) is 14.4. The fourth-order valence-electron chi connectivity index (χ4n) is 4.35. The van der Waals surface area contributed by atoms with Gasteiger partial charge in [0.05, 0.1) is 46.2 Å². The number of nitrogens with zero attached hydrogens (tertiary/aromatic N) is 1. The quantitative estimate of drug-likeness (QED) is 0.205. The first-order chi connectivity index (χ1) is 20.4. The van der Waals surface area contributed by atoms with Crippen molar-refractivity contribution in [2.24, 2.45) is 5.73 Å². The number of benzene rings is 2. The molecule has 0 spiro atoms. The van der Waals surface area contributed by atoms with E-state index in [1.807, 2.05) is 58.9 Å². The Morgan fingerprint density at radius 1 is 0.977 bits per heavy atom. The van der Waals surface area contributed by atoms with Gasteiger partial charge in [-0.1, -0.05) is 24.3 Å². The Bertz CT molecular complexity index is 1130. The number of nitrogens with one attached hydrogen (secondary N) is 2. The number of hydrogen-bond donors (Lipinski definition) is 3. The van der Waals surface area contributed by atoms with Crippen LogP contribution in [0.25, 0.3) is 0 Å². The molecule has 0 aromatic heterocycles. The normalized spacial score (nSPS) is 19.1. The molecule has 1 aliphatic rings. The molecule has 43 heavy (non-hydrogen) atoms. The third kappa shape index (κ3) is 9.88. The number of carbonyl (C=O) groups is 2. The fraction of sp³-hybridized carbons (Fsp3) is 0.548. The smallest absolute Gasteiger partial charge is 0.248 e. The van der Waals surface area contributed by atoms with Crippen molar-refractivity contribution in [3.8, 4) is 11.5 Å². The molecule has 1 aliphatic heterocycles. The molecule has 12 nitrogen and oxygen atoms in total. The molecule has 0 radical (unpaired) electrons. The highest BCUT2D eigenvalue weighted by molar-refractivity contribution is 5.89. The van der Waals surface area contributed by atoms with E-state index >= 15 is 0 Å². The molecular weight excluding hydrogens is 556 g/mol. The van der Waals surface area contributed by atoms with Gasteiger partial charge >= 0.3 is 0 Å². The summed E-state index contributed by atoms with van der Waals surface area (Å²) in [5.74, 6) is 1.31. The Morgan fingerprint density at radius 2 is 1.49 bits per heavy atom. The maximum atomic E-state index is 12.8. The van der Waals surface area contributed by atoms with Crippen molar-refractivity contribution in [3.05, 3.63) is 59.7 Å². The topological polar surface area (TPSA) is 143 Å². The molecule has 12 heteroatoms. The van der Waals surface area contributed by atoms with Crippen molar-refractivity contribution in [1.29, 1.82) is 0 Å². The van der Waals surface area contributed by atoms with Crippen LogP contribution in [0.2, 0.25) is 0 Å². The third-order valence-corrected chi connectivity index (χ3v) is 7.04. The van der Waals surface area contributed by atoms with Gasteiger partial charge in [0.25, 0.3) is 0 Å². The molecule has 1 heterocycles. The highest BCUT2D eigenvalue weighted by atomic mass is 17.2. The molecule has 2 amide bonds. The van der Waals surface area contributed by atoms with Gasteiger partial charge in [0, 0.05) is 0 Å². The minimum atomic E-state index is -1.13. The van der Waals surface area contributed by atoms with Gasteiger partial charge < -0.3 is 25.4 Å². The molecule has 4 atom stereocenters. The summed E-state index contributed by atoms with van der Waals surface area (Å²) in [6, 6.07) is 14.5. The molecule has 240 valence electrons.